The Hall–Kier alpha value is -2.60. The molecule has 2 aromatic carbocycles. The molecule has 0 aliphatic heterocycles. The summed E-state index contributed by atoms with van der Waals surface area (Å²) in [4.78, 5) is 12.7. The van der Waals surface area contributed by atoms with Crippen molar-refractivity contribution in [3.63, 3.8) is 0 Å². The van der Waals surface area contributed by atoms with Crippen LogP contribution in [0.15, 0.2) is 60.0 Å². The summed E-state index contributed by atoms with van der Waals surface area (Å²) in [5.41, 5.74) is 2.78. The van der Waals surface area contributed by atoms with Gasteiger partial charge in [-0.2, -0.15) is 0 Å². The highest BCUT2D eigenvalue weighted by Gasteiger charge is 2.20. The van der Waals surface area contributed by atoms with Crippen molar-refractivity contribution < 1.29 is 9.53 Å². The van der Waals surface area contributed by atoms with Crippen LogP contribution in [0.5, 0.6) is 5.75 Å². The van der Waals surface area contributed by atoms with Crippen LogP contribution in [0.2, 0.25) is 0 Å². The first-order chi connectivity index (χ1) is 12.6. The Kier molecular flexibility index (Phi) is 5.73. The van der Waals surface area contributed by atoms with Crippen molar-refractivity contribution in [2.45, 2.75) is 30.7 Å². The number of methoxy groups -OCH3 is 1. The molecule has 1 atom stereocenters. The molecule has 0 aliphatic carbocycles. The van der Waals surface area contributed by atoms with E-state index in [9.17, 15) is 4.79 Å². The molecule has 0 spiro atoms. The van der Waals surface area contributed by atoms with Crippen molar-refractivity contribution in [3.8, 4) is 11.4 Å². The lowest BCUT2D eigenvalue weighted by molar-refractivity contribution is 0.0994. The molecule has 1 heterocycles. The van der Waals surface area contributed by atoms with Gasteiger partial charge in [0.1, 0.15) is 12.1 Å². The second kappa shape index (κ2) is 8.19. The van der Waals surface area contributed by atoms with Gasteiger partial charge < -0.3 is 4.74 Å². The standard InChI is InChI=1S/C20H21N3O2S/c1-4-15-9-11-16(12-10-15)19(24)14(2)26-20-22-21-13-23(20)17-7-5-6-8-18(17)25-3/h5-14H,4H2,1-3H3. The number of Topliss-reactive ketones (excluding diaryl/α,β-unsaturated/α-hetero) is 1. The molecule has 5 nitrogen and oxygen atoms in total. The maximum atomic E-state index is 12.7. The Labute approximate surface area is 157 Å². The Balaban J connectivity index is 1.81. The summed E-state index contributed by atoms with van der Waals surface area (Å²) in [6, 6.07) is 15.4. The number of nitrogens with zero attached hydrogens (tertiary/aromatic N) is 3. The summed E-state index contributed by atoms with van der Waals surface area (Å²) >= 11 is 1.39. The van der Waals surface area contributed by atoms with Crippen LogP contribution in [0, 0.1) is 0 Å². The number of ether oxygens (including phenoxy) is 1. The highest BCUT2D eigenvalue weighted by Crippen LogP contribution is 2.29. The number of rotatable bonds is 7. The number of ketones is 1. The first kappa shape index (κ1) is 18.2. The number of benzene rings is 2. The van der Waals surface area contributed by atoms with Gasteiger partial charge in [0.05, 0.1) is 18.0 Å². The normalized spacial score (nSPS) is 12.0. The minimum absolute atomic E-state index is 0.0761. The quantitative estimate of drug-likeness (QED) is 0.463. The van der Waals surface area contributed by atoms with E-state index in [1.54, 1.807) is 13.4 Å². The first-order valence-electron chi connectivity index (χ1n) is 8.47. The van der Waals surface area contributed by atoms with Crippen LogP contribution in [0.3, 0.4) is 0 Å². The van der Waals surface area contributed by atoms with Crippen molar-refractivity contribution in [2.75, 3.05) is 7.11 Å². The Morgan fingerprint density at radius 1 is 1.19 bits per heavy atom. The van der Waals surface area contributed by atoms with Crippen molar-refractivity contribution in [1.29, 1.82) is 0 Å². The van der Waals surface area contributed by atoms with E-state index in [-0.39, 0.29) is 11.0 Å². The summed E-state index contributed by atoms with van der Waals surface area (Å²) in [5, 5.41) is 8.56. The minimum atomic E-state index is -0.278. The van der Waals surface area contributed by atoms with Gasteiger partial charge in [-0.25, -0.2) is 0 Å². The van der Waals surface area contributed by atoms with Crippen LogP contribution in [-0.4, -0.2) is 32.9 Å². The molecule has 0 fully saturated rings. The number of aromatic nitrogens is 3. The molecule has 0 amide bonds. The van der Waals surface area contributed by atoms with Crippen LogP contribution in [-0.2, 0) is 6.42 Å². The number of hydrogen-bond donors (Lipinski definition) is 0. The molecule has 134 valence electrons. The van der Waals surface area contributed by atoms with Crippen LogP contribution in [0.4, 0.5) is 0 Å². The summed E-state index contributed by atoms with van der Waals surface area (Å²) in [7, 11) is 1.63. The van der Waals surface area contributed by atoms with Gasteiger partial charge in [-0.1, -0.05) is 55.1 Å². The molecule has 1 aromatic heterocycles. The third-order valence-electron chi connectivity index (χ3n) is 4.16. The molecule has 0 radical (unpaired) electrons. The number of carbonyl (C=O) groups excluding carboxylic acids is 1. The predicted octanol–water partition coefficient (Wildman–Crippen LogP) is 4.20. The van der Waals surface area contributed by atoms with Gasteiger partial charge in [0.25, 0.3) is 0 Å². The van der Waals surface area contributed by atoms with Gasteiger partial charge in [0.2, 0.25) is 0 Å². The van der Waals surface area contributed by atoms with Crippen LogP contribution < -0.4 is 4.74 Å². The van der Waals surface area contributed by atoms with Gasteiger partial charge >= 0.3 is 0 Å². The lowest BCUT2D eigenvalue weighted by Crippen LogP contribution is -2.14. The van der Waals surface area contributed by atoms with Gasteiger partial charge in [-0.05, 0) is 31.0 Å². The molecule has 0 bridgehead atoms. The van der Waals surface area contributed by atoms with Crippen molar-refractivity contribution in [3.05, 3.63) is 66.0 Å². The van der Waals surface area contributed by atoms with E-state index < -0.39 is 0 Å². The number of para-hydroxylation sites is 2. The molecule has 0 N–H and O–H groups in total. The maximum absolute atomic E-state index is 12.7. The molecule has 26 heavy (non-hydrogen) atoms. The van der Waals surface area contributed by atoms with E-state index in [1.807, 2.05) is 60.0 Å². The summed E-state index contributed by atoms with van der Waals surface area (Å²) in [6.07, 6.45) is 2.59. The Morgan fingerprint density at radius 3 is 2.62 bits per heavy atom. The number of thioether (sulfide) groups is 1. The van der Waals surface area contributed by atoms with Gasteiger partial charge in [0.15, 0.2) is 10.9 Å². The highest BCUT2D eigenvalue weighted by atomic mass is 32.2. The fraction of sp³-hybridized carbons (Fsp3) is 0.250. The fourth-order valence-electron chi connectivity index (χ4n) is 2.65. The van der Waals surface area contributed by atoms with Gasteiger partial charge in [-0.3, -0.25) is 9.36 Å². The second-order valence-corrected chi connectivity index (χ2v) is 7.14. The van der Waals surface area contributed by atoms with Crippen molar-refractivity contribution in [1.82, 2.24) is 14.8 Å². The Bertz CT molecular complexity index is 890. The lowest BCUT2D eigenvalue weighted by Gasteiger charge is -2.13. The van der Waals surface area contributed by atoms with E-state index >= 15 is 0 Å². The largest absolute Gasteiger partial charge is 0.495 e. The molecule has 0 saturated carbocycles. The monoisotopic (exact) mass is 367 g/mol. The zero-order valence-electron chi connectivity index (χ0n) is 15.0. The Morgan fingerprint density at radius 2 is 1.92 bits per heavy atom. The number of hydrogen-bond acceptors (Lipinski definition) is 5. The van der Waals surface area contributed by atoms with E-state index in [4.69, 9.17) is 4.74 Å². The summed E-state index contributed by atoms with van der Waals surface area (Å²) in [6.45, 7) is 3.99. The van der Waals surface area contributed by atoms with Crippen LogP contribution >= 0.6 is 11.8 Å². The van der Waals surface area contributed by atoms with Gasteiger partial charge in [0, 0.05) is 5.56 Å². The smallest absolute Gasteiger partial charge is 0.196 e. The maximum Gasteiger partial charge on any atom is 0.196 e. The van der Waals surface area contributed by atoms with Gasteiger partial charge in [-0.15, -0.1) is 10.2 Å². The average molecular weight is 367 g/mol. The SMILES string of the molecule is CCc1ccc(C(=O)C(C)Sc2nncn2-c2ccccc2OC)cc1. The fourth-order valence-corrected chi connectivity index (χ4v) is 3.56. The summed E-state index contributed by atoms with van der Waals surface area (Å²) in [5.74, 6) is 0.801. The number of aryl methyl sites for hydroxylation is 1. The molecule has 0 aliphatic rings. The molecule has 3 rings (SSSR count). The second-order valence-electron chi connectivity index (χ2n) is 5.83. The highest BCUT2D eigenvalue weighted by molar-refractivity contribution is 8.00. The molecule has 1 unspecified atom stereocenters. The zero-order valence-corrected chi connectivity index (χ0v) is 15.9. The van der Waals surface area contributed by atoms with Crippen LogP contribution in [0.25, 0.3) is 5.69 Å². The summed E-state index contributed by atoms with van der Waals surface area (Å²) < 4.78 is 7.26. The van der Waals surface area contributed by atoms with E-state index in [2.05, 4.69) is 17.1 Å². The predicted molar refractivity (Wildman–Crippen MR) is 103 cm³/mol. The zero-order chi connectivity index (χ0) is 18.5. The topological polar surface area (TPSA) is 57.0 Å². The van der Waals surface area contributed by atoms with Crippen LogP contribution in [0.1, 0.15) is 29.8 Å². The lowest BCUT2D eigenvalue weighted by atomic mass is 10.1. The molecule has 3 aromatic rings. The average Bonchev–Trinajstić information content (AvgIpc) is 3.15. The van der Waals surface area contributed by atoms with Crippen molar-refractivity contribution >= 4 is 17.5 Å². The molecule has 6 heteroatoms. The third kappa shape index (κ3) is 3.80. The van der Waals surface area contributed by atoms with E-state index in [0.29, 0.717) is 10.7 Å². The number of carbonyl (C=O) groups is 1. The minimum Gasteiger partial charge on any atom is -0.495 e. The first-order valence-corrected chi connectivity index (χ1v) is 9.35. The molecular weight excluding hydrogens is 346 g/mol. The third-order valence-corrected chi connectivity index (χ3v) is 5.22. The van der Waals surface area contributed by atoms with E-state index in [1.165, 1.54) is 17.3 Å². The molecular formula is C20H21N3O2S. The van der Waals surface area contributed by atoms with E-state index in [0.717, 1.165) is 17.9 Å². The molecule has 0 saturated heterocycles. The van der Waals surface area contributed by atoms with Crippen molar-refractivity contribution in [2.24, 2.45) is 0 Å².